The van der Waals surface area contributed by atoms with Crippen LogP contribution in [0, 0.1) is 6.92 Å². The van der Waals surface area contributed by atoms with E-state index >= 15 is 0 Å². The second-order valence-electron chi connectivity index (χ2n) is 12.2. The maximum absolute atomic E-state index is 14.0. The van der Waals surface area contributed by atoms with E-state index in [0.29, 0.717) is 52.4 Å². The number of aliphatic hydroxyl groups is 1. The summed E-state index contributed by atoms with van der Waals surface area (Å²) in [6, 6.07) is 14.3. The number of para-hydroxylation sites is 1. The summed E-state index contributed by atoms with van der Waals surface area (Å²) in [6.45, 7) is 5.49. The number of aryl methyl sites for hydroxylation is 1. The first-order chi connectivity index (χ1) is 23.1. The van der Waals surface area contributed by atoms with Crippen molar-refractivity contribution in [1.29, 1.82) is 0 Å². The molecule has 0 aliphatic carbocycles. The van der Waals surface area contributed by atoms with E-state index in [1.807, 2.05) is 48.2 Å². The van der Waals surface area contributed by atoms with Crippen LogP contribution in [-0.4, -0.2) is 96.6 Å². The minimum Gasteiger partial charge on any atom is -0.495 e. The number of hydrogen-bond donors (Lipinski definition) is 3. The number of ether oxygens (including phenoxy) is 2. The molecule has 0 atom stereocenters. The predicted molar refractivity (Wildman–Crippen MR) is 184 cm³/mol. The molecule has 0 saturated carbocycles. The largest absolute Gasteiger partial charge is 0.495 e. The fourth-order valence-electron chi connectivity index (χ4n) is 6.06. The molecule has 5 rings (SSSR count). The lowest BCUT2D eigenvalue weighted by molar-refractivity contribution is -0.132. The fourth-order valence-corrected chi connectivity index (χ4v) is 6.06. The molecule has 3 aromatic carbocycles. The van der Waals surface area contributed by atoms with E-state index < -0.39 is 11.8 Å². The Morgan fingerprint density at radius 1 is 1.02 bits per heavy atom. The van der Waals surface area contributed by atoms with Gasteiger partial charge in [0.2, 0.25) is 5.91 Å². The highest BCUT2D eigenvalue weighted by atomic mass is 16.5. The molecule has 2 heterocycles. The molecule has 48 heavy (non-hydrogen) atoms. The number of H-pyrrole nitrogens is 1. The lowest BCUT2D eigenvalue weighted by atomic mass is 9.95. The number of anilines is 1. The van der Waals surface area contributed by atoms with Gasteiger partial charge < -0.3 is 40.0 Å². The number of fused-ring (bicyclic) bond motifs is 1. The number of aromatic amines is 1. The summed E-state index contributed by atoms with van der Waals surface area (Å²) in [7, 11) is 5.11. The van der Waals surface area contributed by atoms with Gasteiger partial charge in [0.15, 0.2) is 0 Å². The highest BCUT2D eigenvalue weighted by Crippen LogP contribution is 2.39. The molecule has 0 radical (unpaired) electrons. The summed E-state index contributed by atoms with van der Waals surface area (Å²) in [4.78, 5) is 52.7. The zero-order valence-electron chi connectivity index (χ0n) is 28.0. The predicted octanol–water partition coefficient (Wildman–Crippen LogP) is 4.13. The summed E-state index contributed by atoms with van der Waals surface area (Å²) in [6.07, 6.45) is 2.92. The Morgan fingerprint density at radius 3 is 2.50 bits per heavy atom. The molecule has 1 aliphatic heterocycles. The van der Waals surface area contributed by atoms with Crippen molar-refractivity contribution in [2.45, 2.75) is 39.2 Å². The number of nitrogens with zero attached hydrogens (tertiary/aromatic N) is 4. The maximum Gasteiger partial charge on any atom is 0.259 e. The van der Waals surface area contributed by atoms with Gasteiger partial charge in [-0.2, -0.15) is 0 Å². The molecule has 1 fully saturated rings. The first-order valence-electron chi connectivity index (χ1n) is 16.2. The molecule has 12 nitrogen and oxygen atoms in total. The maximum atomic E-state index is 14.0. The van der Waals surface area contributed by atoms with Gasteiger partial charge in [-0.1, -0.05) is 18.2 Å². The van der Waals surface area contributed by atoms with Gasteiger partial charge in [0.05, 0.1) is 41.6 Å². The molecule has 1 aliphatic rings. The van der Waals surface area contributed by atoms with Gasteiger partial charge in [-0.25, -0.2) is 4.98 Å². The van der Waals surface area contributed by atoms with E-state index in [-0.39, 0.29) is 29.4 Å². The van der Waals surface area contributed by atoms with Crippen LogP contribution < -0.4 is 20.1 Å². The summed E-state index contributed by atoms with van der Waals surface area (Å²) in [5.74, 6) is 0.00167. The van der Waals surface area contributed by atoms with E-state index in [2.05, 4.69) is 21.9 Å². The minimum absolute atomic E-state index is 0.0533. The third-order valence-corrected chi connectivity index (χ3v) is 8.77. The Morgan fingerprint density at radius 2 is 1.79 bits per heavy atom. The molecule has 12 heteroatoms. The number of unbranched alkanes of at least 4 members (excludes halogenated alkanes) is 2. The van der Waals surface area contributed by atoms with Crippen LogP contribution in [0.1, 0.15) is 57.8 Å². The molecule has 4 N–H and O–H groups in total. The van der Waals surface area contributed by atoms with Crippen molar-refractivity contribution in [2.24, 2.45) is 5.73 Å². The number of aliphatic hydroxyl groups excluding tert-OH is 1. The lowest BCUT2D eigenvalue weighted by Crippen LogP contribution is -2.47. The third-order valence-electron chi connectivity index (χ3n) is 8.77. The van der Waals surface area contributed by atoms with Crippen LogP contribution in [-0.2, 0) is 11.4 Å². The number of hydrogen-bond acceptors (Lipinski definition) is 8. The number of benzene rings is 3. The smallest absolute Gasteiger partial charge is 0.259 e. The number of aromatic nitrogens is 2. The lowest BCUT2D eigenvalue weighted by Gasteiger charge is -2.32. The van der Waals surface area contributed by atoms with Gasteiger partial charge in [0.1, 0.15) is 23.9 Å². The zero-order valence-corrected chi connectivity index (χ0v) is 28.0. The van der Waals surface area contributed by atoms with Crippen LogP contribution in [0.5, 0.6) is 11.5 Å². The number of carbonyl (C=O) groups is 3. The molecule has 254 valence electrons. The Balaban J connectivity index is 1.31. The Kier molecular flexibility index (Phi) is 11.0. The van der Waals surface area contributed by atoms with Crippen LogP contribution in [0.3, 0.4) is 0 Å². The van der Waals surface area contributed by atoms with Crippen LogP contribution in [0.15, 0.2) is 48.5 Å². The van der Waals surface area contributed by atoms with Crippen molar-refractivity contribution in [3.8, 4) is 22.6 Å². The summed E-state index contributed by atoms with van der Waals surface area (Å²) in [5.41, 5.74) is 9.85. The van der Waals surface area contributed by atoms with Gasteiger partial charge in [0, 0.05) is 50.8 Å². The number of imidazole rings is 1. The van der Waals surface area contributed by atoms with Crippen molar-refractivity contribution < 1.29 is 29.0 Å². The van der Waals surface area contributed by atoms with E-state index in [9.17, 15) is 19.5 Å². The van der Waals surface area contributed by atoms with Gasteiger partial charge in [-0.15, -0.1) is 0 Å². The van der Waals surface area contributed by atoms with Crippen LogP contribution >= 0.6 is 0 Å². The Hall–Kier alpha value is -4.94. The van der Waals surface area contributed by atoms with Gasteiger partial charge in [-0.3, -0.25) is 14.4 Å². The SMILES string of the molecule is COc1c(-c2cccc3[nH]c(CO)nc23)ccc(C(=O)N(C)c2ccc(C)cc2OCCCCCC(=O)N2CCN(C)CC2)c1C(N)=O. The van der Waals surface area contributed by atoms with E-state index in [1.165, 1.54) is 12.0 Å². The quantitative estimate of drug-likeness (QED) is 0.182. The van der Waals surface area contributed by atoms with Gasteiger partial charge in [0.25, 0.3) is 11.8 Å². The number of nitrogens with two attached hydrogens (primary N) is 1. The normalized spacial score (nSPS) is 13.5. The molecular weight excluding hydrogens is 612 g/mol. The molecule has 4 aromatic rings. The number of rotatable bonds is 13. The minimum atomic E-state index is -0.817. The zero-order chi connectivity index (χ0) is 34.4. The molecule has 1 saturated heterocycles. The molecule has 0 unspecified atom stereocenters. The van der Waals surface area contributed by atoms with Crippen LogP contribution in [0.4, 0.5) is 5.69 Å². The highest BCUT2D eigenvalue weighted by Gasteiger charge is 2.28. The van der Waals surface area contributed by atoms with Crippen molar-refractivity contribution in [3.63, 3.8) is 0 Å². The van der Waals surface area contributed by atoms with Crippen molar-refractivity contribution in [2.75, 3.05) is 58.9 Å². The Labute approximate surface area is 280 Å². The van der Waals surface area contributed by atoms with E-state index in [0.717, 1.165) is 51.0 Å². The third kappa shape index (κ3) is 7.45. The summed E-state index contributed by atoms with van der Waals surface area (Å²) >= 11 is 0. The van der Waals surface area contributed by atoms with Crippen molar-refractivity contribution in [1.82, 2.24) is 19.8 Å². The van der Waals surface area contributed by atoms with Crippen LogP contribution in [0.25, 0.3) is 22.2 Å². The number of primary amides is 1. The van der Waals surface area contributed by atoms with Gasteiger partial charge >= 0.3 is 0 Å². The van der Waals surface area contributed by atoms with Crippen LogP contribution in [0.2, 0.25) is 0 Å². The second-order valence-corrected chi connectivity index (χ2v) is 12.2. The van der Waals surface area contributed by atoms with E-state index in [4.69, 9.17) is 15.2 Å². The Bertz CT molecular complexity index is 1800. The molecular formula is C36H44N6O6. The molecule has 0 bridgehead atoms. The standard InChI is InChI=1S/C36H44N6O6/c1-23-12-15-28(29(21-23)48-20-7-5-6-11-31(44)42-18-16-40(2)17-19-42)41(3)36(46)26-14-13-25(34(47-4)32(26)35(37)45)24-9-8-10-27-33(24)39-30(22-43)38-27/h8-10,12-15,21,43H,5-7,11,16-20,22H2,1-4H3,(H2,37,45)(H,38,39). The number of nitrogens with one attached hydrogen (secondary N) is 1. The first-order valence-corrected chi connectivity index (χ1v) is 16.2. The average Bonchev–Trinajstić information content (AvgIpc) is 3.52. The molecule has 3 amide bonds. The molecule has 0 spiro atoms. The molecule has 1 aromatic heterocycles. The monoisotopic (exact) mass is 656 g/mol. The number of carbonyl (C=O) groups excluding carboxylic acids is 3. The topological polar surface area (TPSA) is 154 Å². The fraction of sp³-hybridized carbons (Fsp3) is 0.389. The van der Waals surface area contributed by atoms with E-state index in [1.54, 1.807) is 19.2 Å². The number of amides is 3. The highest BCUT2D eigenvalue weighted by molar-refractivity contribution is 6.15. The van der Waals surface area contributed by atoms with Crippen molar-refractivity contribution >= 4 is 34.4 Å². The number of piperazine rings is 1. The number of likely N-dealkylation sites (N-methyl/N-ethyl adjacent to an activating group) is 1. The number of methoxy groups -OCH3 is 1. The first kappa shape index (κ1) is 34.4. The van der Waals surface area contributed by atoms with Crippen molar-refractivity contribution in [3.05, 3.63) is 71.0 Å². The van der Waals surface area contributed by atoms with Gasteiger partial charge in [-0.05, 0) is 69.1 Å². The second kappa shape index (κ2) is 15.3. The summed E-state index contributed by atoms with van der Waals surface area (Å²) in [5, 5.41) is 9.60. The summed E-state index contributed by atoms with van der Waals surface area (Å²) < 4.78 is 11.9. The average molecular weight is 657 g/mol.